The summed E-state index contributed by atoms with van der Waals surface area (Å²) < 4.78 is 31.9. The summed E-state index contributed by atoms with van der Waals surface area (Å²) in [4.78, 5) is 4.42. The van der Waals surface area contributed by atoms with E-state index < -0.39 is 10.0 Å². The van der Waals surface area contributed by atoms with Gasteiger partial charge in [-0.05, 0) is 49.2 Å². The Labute approximate surface area is 152 Å². The van der Waals surface area contributed by atoms with Crippen LogP contribution in [0.3, 0.4) is 0 Å². The fourth-order valence-electron chi connectivity index (χ4n) is 2.59. The lowest BCUT2D eigenvalue weighted by Crippen LogP contribution is -2.28. The third kappa shape index (κ3) is 4.62. The van der Waals surface area contributed by atoms with Gasteiger partial charge in [-0.3, -0.25) is 0 Å². The average Bonchev–Trinajstić information content (AvgIpc) is 3.16. The predicted octanol–water partition coefficient (Wildman–Crippen LogP) is 3.01. The first-order valence-corrected chi connectivity index (χ1v) is 9.96. The van der Waals surface area contributed by atoms with Gasteiger partial charge < -0.3 is 10.1 Å². The molecule has 1 fully saturated rings. The molecule has 0 bridgehead atoms. The molecule has 2 heterocycles. The second-order valence-corrected chi connectivity index (χ2v) is 8.09. The van der Waals surface area contributed by atoms with Crippen molar-refractivity contribution in [2.45, 2.75) is 17.7 Å². The van der Waals surface area contributed by atoms with Crippen LogP contribution in [-0.4, -0.2) is 43.9 Å². The molecule has 0 atom stereocenters. The minimum atomic E-state index is -3.41. The summed E-state index contributed by atoms with van der Waals surface area (Å²) in [7, 11) is -3.41. The van der Waals surface area contributed by atoms with Crippen molar-refractivity contribution >= 4 is 27.4 Å². The van der Waals surface area contributed by atoms with Crippen molar-refractivity contribution in [3.63, 3.8) is 0 Å². The first-order chi connectivity index (χ1) is 12.1. The molecule has 1 aliphatic heterocycles. The number of ether oxygens (including phenoxy) is 1. The number of hydrogen-bond donors (Lipinski definition) is 1. The van der Waals surface area contributed by atoms with Gasteiger partial charge >= 0.3 is 0 Å². The molecule has 2 aromatic rings. The quantitative estimate of drug-likeness (QED) is 0.746. The van der Waals surface area contributed by atoms with E-state index in [0.29, 0.717) is 37.1 Å². The molecule has 1 saturated heterocycles. The summed E-state index contributed by atoms with van der Waals surface area (Å²) in [6.07, 6.45) is 3.23. The molecule has 134 valence electrons. The minimum Gasteiger partial charge on any atom is -0.492 e. The zero-order valence-corrected chi connectivity index (χ0v) is 15.3. The van der Waals surface area contributed by atoms with Gasteiger partial charge in [0.15, 0.2) is 0 Å². The highest BCUT2D eigenvalue weighted by molar-refractivity contribution is 7.89. The summed E-state index contributed by atoms with van der Waals surface area (Å²) in [5.41, 5.74) is 0. The van der Waals surface area contributed by atoms with E-state index in [0.717, 1.165) is 18.6 Å². The van der Waals surface area contributed by atoms with Crippen molar-refractivity contribution in [3.8, 4) is 5.75 Å². The Balaban J connectivity index is 1.50. The van der Waals surface area contributed by atoms with E-state index >= 15 is 0 Å². The van der Waals surface area contributed by atoms with Crippen LogP contribution in [0.1, 0.15) is 12.8 Å². The molecule has 0 aliphatic carbocycles. The van der Waals surface area contributed by atoms with Gasteiger partial charge in [-0.15, -0.1) is 0 Å². The molecule has 0 spiro atoms. The van der Waals surface area contributed by atoms with Crippen LogP contribution in [0.4, 0.5) is 5.82 Å². The maximum Gasteiger partial charge on any atom is 0.244 e. The highest BCUT2D eigenvalue weighted by Gasteiger charge is 2.27. The van der Waals surface area contributed by atoms with Gasteiger partial charge in [-0.1, -0.05) is 11.6 Å². The summed E-state index contributed by atoms with van der Waals surface area (Å²) >= 11 is 5.82. The van der Waals surface area contributed by atoms with E-state index in [4.69, 9.17) is 16.3 Å². The molecule has 6 nitrogen and oxygen atoms in total. The van der Waals surface area contributed by atoms with Crippen molar-refractivity contribution in [1.82, 2.24) is 9.29 Å². The summed E-state index contributed by atoms with van der Waals surface area (Å²) in [6.45, 7) is 2.18. The molecular weight excluding hydrogens is 362 g/mol. The number of benzene rings is 1. The Morgan fingerprint density at radius 2 is 1.84 bits per heavy atom. The van der Waals surface area contributed by atoms with E-state index in [-0.39, 0.29) is 4.90 Å². The Bertz CT molecular complexity index is 789. The molecule has 0 amide bonds. The van der Waals surface area contributed by atoms with Crippen molar-refractivity contribution in [2.75, 3.05) is 31.6 Å². The third-order valence-electron chi connectivity index (χ3n) is 3.93. The fraction of sp³-hybridized carbons (Fsp3) is 0.353. The molecular formula is C17H20ClN3O3S. The second kappa shape index (κ2) is 8.03. The first kappa shape index (κ1) is 18.0. The molecule has 0 unspecified atom stereocenters. The molecule has 25 heavy (non-hydrogen) atoms. The zero-order chi connectivity index (χ0) is 17.7. The van der Waals surface area contributed by atoms with E-state index in [9.17, 15) is 8.42 Å². The lowest BCUT2D eigenvalue weighted by molar-refractivity contribution is 0.333. The SMILES string of the molecule is O=S(=O)(c1ccc(NCCOc2ccc(Cl)cc2)nc1)N1CCCC1. The minimum absolute atomic E-state index is 0.234. The number of aromatic nitrogens is 1. The molecule has 1 aromatic carbocycles. The maximum atomic E-state index is 12.4. The highest BCUT2D eigenvalue weighted by Crippen LogP contribution is 2.21. The lowest BCUT2D eigenvalue weighted by atomic mass is 10.3. The molecule has 0 saturated carbocycles. The Kier molecular flexibility index (Phi) is 5.78. The number of rotatable bonds is 7. The van der Waals surface area contributed by atoms with Crippen LogP contribution in [0.25, 0.3) is 0 Å². The fourth-order valence-corrected chi connectivity index (χ4v) is 4.18. The average molecular weight is 382 g/mol. The number of anilines is 1. The molecule has 0 radical (unpaired) electrons. The van der Waals surface area contributed by atoms with Gasteiger partial charge in [-0.25, -0.2) is 13.4 Å². The molecule has 1 aromatic heterocycles. The van der Waals surface area contributed by atoms with Gasteiger partial charge in [-0.2, -0.15) is 4.31 Å². The maximum absolute atomic E-state index is 12.4. The van der Waals surface area contributed by atoms with Crippen LogP contribution in [0, 0.1) is 0 Å². The van der Waals surface area contributed by atoms with Gasteiger partial charge in [0.1, 0.15) is 23.1 Å². The summed E-state index contributed by atoms with van der Waals surface area (Å²) in [5.74, 6) is 1.35. The number of hydrogen-bond acceptors (Lipinski definition) is 5. The van der Waals surface area contributed by atoms with Crippen LogP contribution < -0.4 is 10.1 Å². The van der Waals surface area contributed by atoms with Crippen LogP contribution in [0.2, 0.25) is 5.02 Å². The number of nitrogens with zero attached hydrogens (tertiary/aromatic N) is 2. The monoisotopic (exact) mass is 381 g/mol. The molecule has 1 N–H and O–H groups in total. The normalized spacial score (nSPS) is 15.2. The standard InChI is InChI=1S/C17H20ClN3O3S/c18-14-3-5-15(6-4-14)24-12-9-19-17-8-7-16(13-20-17)25(22,23)21-10-1-2-11-21/h3-8,13H,1-2,9-12H2,(H,19,20). The Hall–Kier alpha value is -1.83. The van der Waals surface area contributed by atoms with E-state index in [2.05, 4.69) is 10.3 Å². The summed E-state index contributed by atoms with van der Waals surface area (Å²) in [5, 5.41) is 3.77. The van der Waals surface area contributed by atoms with Crippen LogP contribution in [-0.2, 0) is 10.0 Å². The Morgan fingerprint density at radius 1 is 1.12 bits per heavy atom. The highest BCUT2D eigenvalue weighted by atomic mass is 35.5. The van der Waals surface area contributed by atoms with E-state index in [1.54, 1.807) is 36.4 Å². The molecule has 1 aliphatic rings. The van der Waals surface area contributed by atoms with E-state index in [1.807, 2.05) is 0 Å². The number of pyridine rings is 1. The van der Waals surface area contributed by atoms with Gasteiger partial charge in [0.2, 0.25) is 10.0 Å². The number of nitrogens with one attached hydrogen (secondary N) is 1. The van der Waals surface area contributed by atoms with Crippen molar-refractivity contribution in [1.29, 1.82) is 0 Å². The molecule has 3 rings (SSSR count). The van der Waals surface area contributed by atoms with Crippen molar-refractivity contribution in [3.05, 3.63) is 47.6 Å². The van der Waals surface area contributed by atoms with Gasteiger partial charge in [0, 0.05) is 24.3 Å². The van der Waals surface area contributed by atoms with Crippen LogP contribution in [0.5, 0.6) is 5.75 Å². The third-order valence-corrected chi connectivity index (χ3v) is 6.06. The van der Waals surface area contributed by atoms with Gasteiger partial charge in [0.25, 0.3) is 0 Å². The van der Waals surface area contributed by atoms with Crippen LogP contribution >= 0.6 is 11.6 Å². The predicted molar refractivity (Wildman–Crippen MR) is 97.7 cm³/mol. The molecule has 8 heteroatoms. The van der Waals surface area contributed by atoms with E-state index in [1.165, 1.54) is 10.5 Å². The number of sulfonamides is 1. The zero-order valence-electron chi connectivity index (χ0n) is 13.7. The topological polar surface area (TPSA) is 71.5 Å². The van der Waals surface area contributed by atoms with Crippen molar-refractivity contribution in [2.24, 2.45) is 0 Å². The largest absolute Gasteiger partial charge is 0.492 e. The van der Waals surface area contributed by atoms with Gasteiger partial charge in [0.05, 0.1) is 6.54 Å². The first-order valence-electron chi connectivity index (χ1n) is 8.14. The Morgan fingerprint density at radius 3 is 2.48 bits per heavy atom. The lowest BCUT2D eigenvalue weighted by Gasteiger charge is -2.15. The van der Waals surface area contributed by atoms with Crippen molar-refractivity contribution < 1.29 is 13.2 Å². The second-order valence-electron chi connectivity index (χ2n) is 5.72. The number of halogens is 1. The smallest absolute Gasteiger partial charge is 0.244 e. The van der Waals surface area contributed by atoms with Crippen LogP contribution in [0.15, 0.2) is 47.5 Å². The summed E-state index contributed by atoms with van der Waals surface area (Å²) in [6, 6.07) is 10.4.